The molecule has 1 saturated carbocycles. The second-order valence-corrected chi connectivity index (χ2v) is 6.60. The lowest BCUT2D eigenvalue weighted by Gasteiger charge is -2.31. The molecule has 3 nitrogen and oxygen atoms in total. The number of aliphatic hydroxyl groups excluding tert-OH is 1. The van der Waals surface area contributed by atoms with E-state index in [1.807, 2.05) is 0 Å². The Kier molecular flexibility index (Phi) is 3.68. The molecule has 6 heteroatoms. The van der Waals surface area contributed by atoms with Crippen LogP contribution in [-0.4, -0.2) is 31.8 Å². The molecule has 0 aromatic heterocycles. The molecule has 0 spiro atoms. The molecule has 0 heterocycles. The summed E-state index contributed by atoms with van der Waals surface area (Å²) in [4.78, 5) is -0.0774. The van der Waals surface area contributed by atoms with E-state index in [1.54, 1.807) is 12.1 Å². The number of hydrogen-bond acceptors (Lipinski definition) is 3. The average Bonchev–Trinajstić information content (AvgIpc) is 2.23. The number of halogens is 2. The first kappa shape index (κ1) is 13.4. The largest absolute Gasteiger partial charge is 0.393 e. The lowest BCUT2D eigenvalue weighted by molar-refractivity contribution is 0.0746. The number of alkyl halides is 2. The Morgan fingerprint density at radius 3 is 2.22 bits per heavy atom. The summed E-state index contributed by atoms with van der Waals surface area (Å²) in [6.45, 7) is 0. The highest BCUT2D eigenvalue weighted by atomic mass is 32.2. The Labute approximate surface area is 104 Å². The topological polar surface area (TPSA) is 54.4 Å². The van der Waals surface area contributed by atoms with E-state index in [0.29, 0.717) is 12.8 Å². The van der Waals surface area contributed by atoms with Crippen LogP contribution in [0.4, 0.5) is 8.78 Å². The van der Waals surface area contributed by atoms with Crippen molar-refractivity contribution in [3.63, 3.8) is 0 Å². The molecule has 0 bridgehead atoms. The average molecular weight is 276 g/mol. The summed E-state index contributed by atoms with van der Waals surface area (Å²) in [5, 5.41) is 9.18. The lowest BCUT2D eigenvalue weighted by Crippen LogP contribution is -2.26. The van der Waals surface area contributed by atoms with Gasteiger partial charge in [0.25, 0.3) is 6.43 Å². The molecule has 100 valence electrons. The van der Waals surface area contributed by atoms with Gasteiger partial charge < -0.3 is 5.11 Å². The predicted octanol–water partition coefficient (Wildman–Crippen LogP) is 1.96. The zero-order chi connectivity index (χ0) is 13.3. The smallest absolute Gasteiger partial charge is 0.252 e. The fourth-order valence-electron chi connectivity index (χ4n) is 2.07. The summed E-state index contributed by atoms with van der Waals surface area (Å²) < 4.78 is 47.3. The Bertz CT molecular complexity index is 505. The van der Waals surface area contributed by atoms with E-state index < -0.39 is 22.0 Å². The maximum atomic E-state index is 12.1. The van der Waals surface area contributed by atoms with Crippen molar-refractivity contribution in [1.82, 2.24) is 0 Å². The molecular formula is C12H14F2O3S. The Morgan fingerprint density at radius 1 is 1.22 bits per heavy atom. The third-order valence-corrected chi connectivity index (χ3v) is 4.85. The molecule has 0 amide bonds. The van der Waals surface area contributed by atoms with Gasteiger partial charge in [0.05, 0.1) is 11.0 Å². The highest BCUT2D eigenvalue weighted by molar-refractivity contribution is 7.91. The number of benzene rings is 1. The minimum absolute atomic E-state index is 0.0774. The Balaban J connectivity index is 2.12. The highest BCUT2D eigenvalue weighted by Crippen LogP contribution is 2.36. The van der Waals surface area contributed by atoms with Crippen LogP contribution in [0.3, 0.4) is 0 Å². The van der Waals surface area contributed by atoms with Gasteiger partial charge in [0.15, 0.2) is 9.84 Å². The van der Waals surface area contributed by atoms with Crippen LogP contribution < -0.4 is 0 Å². The second kappa shape index (κ2) is 4.93. The summed E-state index contributed by atoms with van der Waals surface area (Å²) in [7, 11) is -3.90. The summed E-state index contributed by atoms with van der Waals surface area (Å²) in [5.74, 6) is -0.902. The van der Waals surface area contributed by atoms with Crippen LogP contribution in [0, 0.1) is 0 Å². The van der Waals surface area contributed by atoms with Gasteiger partial charge in [-0.3, -0.25) is 0 Å². The van der Waals surface area contributed by atoms with Gasteiger partial charge in [-0.2, -0.15) is 0 Å². The third-order valence-electron chi connectivity index (χ3n) is 3.17. The molecule has 2 rings (SSSR count). The first-order valence-electron chi connectivity index (χ1n) is 5.67. The molecule has 0 aliphatic heterocycles. The van der Waals surface area contributed by atoms with Crippen molar-refractivity contribution in [2.75, 3.05) is 5.75 Å². The molecule has 1 aliphatic rings. The molecule has 1 fully saturated rings. The number of hydrogen-bond donors (Lipinski definition) is 1. The molecular weight excluding hydrogens is 262 g/mol. The van der Waals surface area contributed by atoms with E-state index in [2.05, 4.69) is 0 Å². The minimum Gasteiger partial charge on any atom is -0.393 e. The van der Waals surface area contributed by atoms with Gasteiger partial charge in [0, 0.05) is 0 Å². The van der Waals surface area contributed by atoms with Crippen LogP contribution in [0.2, 0.25) is 0 Å². The van der Waals surface area contributed by atoms with Gasteiger partial charge in [-0.05, 0) is 36.5 Å². The fraction of sp³-hybridized carbons (Fsp3) is 0.500. The van der Waals surface area contributed by atoms with Crippen LogP contribution in [0.1, 0.15) is 24.3 Å². The van der Waals surface area contributed by atoms with Crippen molar-refractivity contribution in [1.29, 1.82) is 0 Å². The van der Waals surface area contributed by atoms with Gasteiger partial charge >= 0.3 is 0 Å². The standard InChI is InChI=1S/C12H14F2O3S/c13-12(14)7-18(16,17)11-3-1-8(2-4-11)9-5-10(15)6-9/h1-4,9-10,12,15H,5-7H2. The quantitative estimate of drug-likeness (QED) is 0.914. The monoisotopic (exact) mass is 276 g/mol. The van der Waals surface area contributed by atoms with E-state index in [9.17, 15) is 22.3 Å². The lowest BCUT2D eigenvalue weighted by atomic mass is 9.78. The summed E-state index contributed by atoms with van der Waals surface area (Å²) in [5.41, 5.74) is 0.941. The van der Waals surface area contributed by atoms with Gasteiger partial charge in [0.1, 0.15) is 5.75 Å². The molecule has 1 aromatic rings. The predicted molar refractivity (Wildman–Crippen MR) is 62.5 cm³/mol. The maximum absolute atomic E-state index is 12.1. The fourth-order valence-corrected chi connectivity index (χ4v) is 3.14. The van der Waals surface area contributed by atoms with E-state index in [4.69, 9.17) is 0 Å². The third kappa shape index (κ3) is 2.87. The molecule has 0 radical (unpaired) electrons. The zero-order valence-electron chi connectivity index (χ0n) is 9.59. The number of aliphatic hydroxyl groups is 1. The van der Waals surface area contributed by atoms with Crippen molar-refractivity contribution < 1.29 is 22.3 Å². The van der Waals surface area contributed by atoms with E-state index in [-0.39, 0.29) is 16.9 Å². The van der Waals surface area contributed by atoms with Gasteiger partial charge in [-0.15, -0.1) is 0 Å². The zero-order valence-corrected chi connectivity index (χ0v) is 10.4. The highest BCUT2D eigenvalue weighted by Gasteiger charge is 2.28. The summed E-state index contributed by atoms with van der Waals surface area (Å²) in [6.07, 6.45) is -1.81. The molecule has 1 aliphatic carbocycles. The maximum Gasteiger partial charge on any atom is 0.252 e. The molecule has 0 saturated heterocycles. The number of sulfone groups is 1. The molecule has 18 heavy (non-hydrogen) atoms. The minimum atomic E-state index is -3.90. The first-order valence-corrected chi connectivity index (χ1v) is 7.32. The van der Waals surface area contributed by atoms with E-state index in [0.717, 1.165) is 5.56 Å². The normalized spacial score (nSPS) is 24.0. The SMILES string of the molecule is O=S(=O)(CC(F)F)c1ccc(C2CC(O)C2)cc1. The molecule has 1 N–H and O–H groups in total. The van der Waals surface area contributed by atoms with E-state index >= 15 is 0 Å². The first-order chi connectivity index (χ1) is 8.38. The van der Waals surface area contributed by atoms with Crippen LogP contribution in [0.15, 0.2) is 29.2 Å². The molecule has 1 aromatic carbocycles. The second-order valence-electron chi connectivity index (χ2n) is 4.56. The van der Waals surface area contributed by atoms with Crippen molar-refractivity contribution in [3.05, 3.63) is 29.8 Å². The Hall–Kier alpha value is -1.01. The van der Waals surface area contributed by atoms with Crippen LogP contribution in [0.25, 0.3) is 0 Å². The van der Waals surface area contributed by atoms with Crippen molar-refractivity contribution in [3.8, 4) is 0 Å². The van der Waals surface area contributed by atoms with Gasteiger partial charge in [0.2, 0.25) is 0 Å². The van der Waals surface area contributed by atoms with Crippen LogP contribution >= 0.6 is 0 Å². The van der Waals surface area contributed by atoms with Crippen molar-refractivity contribution >= 4 is 9.84 Å². The summed E-state index contributed by atoms with van der Waals surface area (Å²) in [6, 6.07) is 5.99. The van der Waals surface area contributed by atoms with Crippen LogP contribution in [0.5, 0.6) is 0 Å². The van der Waals surface area contributed by atoms with Gasteiger partial charge in [-0.25, -0.2) is 17.2 Å². The van der Waals surface area contributed by atoms with E-state index in [1.165, 1.54) is 12.1 Å². The molecule has 0 atom stereocenters. The number of rotatable bonds is 4. The van der Waals surface area contributed by atoms with Crippen molar-refractivity contribution in [2.24, 2.45) is 0 Å². The van der Waals surface area contributed by atoms with Gasteiger partial charge in [-0.1, -0.05) is 12.1 Å². The molecule has 0 unspecified atom stereocenters. The van der Waals surface area contributed by atoms with Crippen molar-refractivity contribution in [2.45, 2.75) is 36.2 Å². The summed E-state index contributed by atoms with van der Waals surface area (Å²) >= 11 is 0. The Morgan fingerprint density at radius 2 is 1.78 bits per heavy atom. The van der Waals surface area contributed by atoms with Crippen LogP contribution in [-0.2, 0) is 9.84 Å².